The van der Waals surface area contributed by atoms with E-state index in [1.54, 1.807) is 31.2 Å². The maximum Gasteiger partial charge on any atom is 0.342 e. The van der Waals surface area contributed by atoms with Crippen molar-refractivity contribution in [2.75, 3.05) is 0 Å². The molecule has 0 bridgehead atoms. The lowest BCUT2D eigenvalue weighted by Gasteiger charge is -2.20. The number of rotatable bonds is 5. The van der Waals surface area contributed by atoms with Crippen molar-refractivity contribution in [3.05, 3.63) is 48.2 Å². The summed E-state index contributed by atoms with van der Waals surface area (Å²) >= 11 is 0. The van der Waals surface area contributed by atoms with Crippen LogP contribution in [0, 0.1) is 5.92 Å². The molecule has 98 valence electrons. The highest BCUT2D eigenvalue weighted by Gasteiger charge is 2.18. The molecule has 0 spiro atoms. The monoisotopic (exact) mass is 248 g/mol. The molecule has 1 rings (SSSR count). The fraction of sp³-hybridized carbons (Fsp3) is 0.400. The van der Waals surface area contributed by atoms with Gasteiger partial charge in [-0.05, 0) is 37.5 Å². The molecule has 0 heterocycles. The third kappa shape index (κ3) is 5.15. The van der Waals surface area contributed by atoms with Crippen molar-refractivity contribution in [2.24, 2.45) is 5.92 Å². The lowest BCUT2D eigenvalue weighted by atomic mass is 9.94. The van der Waals surface area contributed by atoms with E-state index >= 15 is 0 Å². The van der Waals surface area contributed by atoms with E-state index in [0.29, 0.717) is 17.9 Å². The highest BCUT2D eigenvalue weighted by Crippen LogP contribution is 2.17. The van der Waals surface area contributed by atoms with Gasteiger partial charge in [-0.25, -0.2) is 4.79 Å². The zero-order valence-corrected chi connectivity index (χ0v) is 11.1. The summed E-state index contributed by atoms with van der Waals surface area (Å²) in [6.07, 6.45) is 3.39. The molecule has 0 amide bonds. The smallest absolute Gasteiger partial charge is 0.342 e. The molecule has 3 heteroatoms. The fourth-order valence-corrected chi connectivity index (χ4v) is 1.78. The Morgan fingerprint density at radius 3 is 2.56 bits per heavy atom. The summed E-state index contributed by atoms with van der Waals surface area (Å²) < 4.78 is 4.97. The minimum Gasteiger partial charge on any atom is -0.431 e. The normalized spacial score (nSPS) is 14.7. The maximum atomic E-state index is 11.6. The van der Waals surface area contributed by atoms with Gasteiger partial charge in [0.2, 0.25) is 0 Å². The molecule has 0 aliphatic heterocycles. The predicted molar refractivity (Wildman–Crippen MR) is 71.1 cm³/mol. The van der Waals surface area contributed by atoms with Gasteiger partial charge in [-0.15, -0.1) is 0 Å². The lowest BCUT2D eigenvalue weighted by molar-refractivity contribution is 0.0632. The Bertz CT molecular complexity index is 405. The molecule has 1 unspecified atom stereocenters. The molecular formula is C15H20O3. The first kappa shape index (κ1) is 14.5. The SMILES string of the molecule is CC(C)CC(C)(O)/C=C/OC(=O)c1ccccc1. The third-order valence-electron chi connectivity index (χ3n) is 2.43. The molecular weight excluding hydrogens is 228 g/mol. The van der Waals surface area contributed by atoms with Crippen LogP contribution in [-0.4, -0.2) is 16.7 Å². The summed E-state index contributed by atoms with van der Waals surface area (Å²) in [5, 5.41) is 9.99. The first-order valence-electron chi connectivity index (χ1n) is 6.07. The lowest BCUT2D eigenvalue weighted by Crippen LogP contribution is -2.23. The van der Waals surface area contributed by atoms with Crippen LogP contribution in [0.2, 0.25) is 0 Å². The summed E-state index contributed by atoms with van der Waals surface area (Å²) in [5.74, 6) is -0.0540. The Balaban J connectivity index is 2.53. The van der Waals surface area contributed by atoms with E-state index in [9.17, 15) is 9.90 Å². The van der Waals surface area contributed by atoms with E-state index in [-0.39, 0.29) is 0 Å². The van der Waals surface area contributed by atoms with Crippen molar-refractivity contribution < 1.29 is 14.6 Å². The minimum atomic E-state index is -0.953. The van der Waals surface area contributed by atoms with Gasteiger partial charge in [-0.1, -0.05) is 32.0 Å². The number of aliphatic hydroxyl groups is 1. The van der Waals surface area contributed by atoms with Crippen molar-refractivity contribution in [2.45, 2.75) is 32.8 Å². The van der Waals surface area contributed by atoms with Crippen molar-refractivity contribution >= 4 is 5.97 Å². The van der Waals surface area contributed by atoms with Crippen LogP contribution >= 0.6 is 0 Å². The average molecular weight is 248 g/mol. The van der Waals surface area contributed by atoms with Crippen molar-refractivity contribution in [3.8, 4) is 0 Å². The van der Waals surface area contributed by atoms with Gasteiger partial charge in [0.25, 0.3) is 0 Å². The average Bonchev–Trinajstić information content (AvgIpc) is 2.28. The Morgan fingerprint density at radius 1 is 1.39 bits per heavy atom. The molecule has 0 aliphatic carbocycles. The molecule has 0 saturated carbocycles. The van der Waals surface area contributed by atoms with Crippen LogP contribution in [0.15, 0.2) is 42.7 Å². The Morgan fingerprint density at radius 2 is 2.00 bits per heavy atom. The van der Waals surface area contributed by atoms with Crippen LogP contribution in [-0.2, 0) is 4.74 Å². The van der Waals surface area contributed by atoms with Crippen LogP contribution in [0.25, 0.3) is 0 Å². The molecule has 0 fully saturated rings. The quantitative estimate of drug-likeness (QED) is 0.643. The van der Waals surface area contributed by atoms with Gasteiger partial charge in [-0.3, -0.25) is 0 Å². The number of esters is 1. The largest absolute Gasteiger partial charge is 0.431 e. The molecule has 0 saturated heterocycles. The van der Waals surface area contributed by atoms with Crippen LogP contribution in [0.1, 0.15) is 37.6 Å². The number of benzene rings is 1. The molecule has 1 atom stereocenters. The predicted octanol–water partition coefficient (Wildman–Crippen LogP) is 3.15. The second-order valence-corrected chi connectivity index (χ2v) is 5.03. The van der Waals surface area contributed by atoms with E-state index in [1.807, 2.05) is 19.9 Å². The molecule has 1 N–H and O–H groups in total. The number of hydrogen-bond acceptors (Lipinski definition) is 3. The Hall–Kier alpha value is -1.61. The van der Waals surface area contributed by atoms with Gasteiger partial charge in [0, 0.05) is 0 Å². The standard InChI is InChI=1S/C15H20O3/c1-12(2)11-15(3,17)9-10-18-14(16)13-7-5-4-6-8-13/h4-10,12,17H,11H2,1-3H3/b10-9+. The van der Waals surface area contributed by atoms with Crippen molar-refractivity contribution in [3.63, 3.8) is 0 Å². The van der Waals surface area contributed by atoms with Gasteiger partial charge in [0.1, 0.15) is 0 Å². The minimum absolute atomic E-state index is 0.370. The molecule has 0 radical (unpaired) electrons. The summed E-state index contributed by atoms with van der Waals surface area (Å²) in [7, 11) is 0. The van der Waals surface area contributed by atoms with Crippen LogP contribution in [0.4, 0.5) is 0 Å². The maximum absolute atomic E-state index is 11.6. The van der Waals surface area contributed by atoms with E-state index in [1.165, 1.54) is 12.3 Å². The summed E-state index contributed by atoms with van der Waals surface area (Å²) in [6.45, 7) is 5.75. The number of ether oxygens (including phenoxy) is 1. The highest BCUT2D eigenvalue weighted by atomic mass is 16.5. The van der Waals surface area contributed by atoms with Crippen molar-refractivity contribution in [1.82, 2.24) is 0 Å². The summed E-state index contributed by atoms with van der Waals surface area (Å²) in [4.78, 5) is 11.6. The zero-order valence-electron chi connectivity index (χ0n) is 11.1. The van der Waals surface area contributed by atoms with E-state index < -0.39 is 11.6 Å². The Labute approximate surface area is 108 Å². The second kappa shape index (κ2) is 6.36. The number of hydrogen-bond donors (Lipinski definition) is 1. The van der Waals surface area contributed by atoms with Gasteiger partial charge < -0.3 is 9.84 Å². The molecule has 0 aromatic heterocycles. The van der Waals surface area contributed by atoms with Crippen molar-refractivity contribution in [1.29, 1.82) is 0 Å². The third-order valence-corrected chi connectivity index (χ3v) is 2.43. The molecule has 1 aromatic carbocycles. The van der Waals surface area contributed by atoms with Gasteiger partial charge in [0.15, 0.2) is 0 Å². The Kier molecular flexibility index (Phi) is 5.10. The van der Waals surface area contributed by atoms with Gasteiger partial charge >= 0.3 is 5.97 Å². The summed E-state index contributed by atoms with van der Waals surface area (Å²) in [5.41, 5.74) is -0.462. The van der Waals surface area contributed by atoms with Crippen LogP contribution in [0.3, 0.4) is 0 Å². The van der Waals surface area contributed by atoms with Crippen LogP contribution in [0.5, 0.6) is 0 Å². The van der Waals surface area contributed by atoms with Gasteiger partial charge in [-0.2, -0.15) is 0 Å². The van der Waals surface area contributed by atoms with E-state index in [0.717, 1.165) is 0 Å². The molecule has 3 nitrogen and oxygen atoms in total. The number of carbonyl (C=O) groups is 1. The molecule has 1 aromatic rings. The topological polar surface area (TPSA) is 46.5 Å². The molecule has 18 heavy (non-hydrogen) atoms. The highest BCUT2D eigenvalue weighted by molar-refractivity contribution is 5.89. The number of carbonyl (C=O) groups excluding carboxylic acids is 1. The fourth-order valence-electron chi connectivity index (χ4n) is 1.78. The first-order valence-corrected chi connectivity index (χ1v) is 6.07. The summed E-state index contributed by atoms with van der Waals surface area (Å²) in [6, 6.07) is 8.75. The molecule has 0 aliphatic rings. The first-order chi connectivity index (χ1) is 8.41. The van der Waals surface area contributed by atoms with E-state index in [4.69, 9.17) is 4.74 Å². The van der Waals surface area contributed by atoms with E-state index in [2.05, 4.69) is 0 Å². The zero-order chi connectivity index (χ0) is 13.6. The van der Waals surface area contributed by atoms with Gasteiger partial charge in [0.05, 0.1) is 17.4 Å². The second-order valence-electron chi connectivity index (χ2n) is 5.03. The van der Waals surface area contributed by atoms with Crippen LogP contribution < -0.4 is 0 Å².